The molecule has 0 aliphatic heterocycles. The summed E-state index contributed by atoms with van der Waals surface area (Å²) in [5.74, 6) is -0.261. The van der Waals surface area contributed by atoms with Gasteiger partial charge in [-0.05, 0) is 48.2 Å². The van der Waals surface area contributed by atoms with Crippen LogP contribution in [0.1, 0.15) is 23.1 Å². The van der Waals surface area contributed by atoms with E-state index in [1.165, 1.54) is 17.2 Å². The molecule has 2 aromatic carbocycles. The lowest BCUT2D eigenvalue weighted by Crippen LogP contribution is -2.06. The van der Waals surface area contributed by atoms with E-state index < -0.39 is 0 Å². The Balaban J connectivity index is 1.96. The Morgan fingerprint density at radius 2 is 1.90 bits per heavy atom. The van der Waals surface area contributed by atoms with Crippen LogP contribution in [0.5, 0.6) is 0 Å². The summed E-state index contributed by atoms with van der Waals surface area (Å²) in [6, 6.07) is 12.7. The molecule has 0 aliphatic carbocycles. The lowest BCUT2D eigenvalue weighted by molar-refractivity contribution is -0.118. The predicted molar refractivity (Wildman–Crippen MR) is 82.3 cm³/mol. The first kappa shape index (κ1) is 14.9. The number of carbonyl (C=O) groups excluding carboxylic acids is 1. The Labute approximate surface area is 127 Å². The highest BCUT2D eigenvalue weighted by molar-refractivity contribution is 9.10. The highest BCUT2D eigenvalue weighted by Gasteiger charge is 2.09. The van der Waals surface area contributed by atoms with Gasteiger partial charge in [-0.2, -0.15) is 0 Å². The van der Waals surface area contributed by atoms with Crippen molar-refractivity contribution >= 4 is 21.7 Å². The summed E-state index contributed by atoms with van der Waals surface area (Å²) in [4.78, 5) is 12.0. The number of carbonyl (C=O) groups is 1. The predicted octanol–water partition coefficient (Wildman–Crippen LogP) is 4.64. The van der Waals surface area contributed by atoms with Crippen molar-refractivity contribution in [2.45, 2.75) is 26.2 Å². The van der Waals surface area contributed by atoms with Crippen LogP contribution in [0.15, 0.2) is 46.9 Å². The third-order valence-electron chi connectivity index (χ3n) is 3.33. The fraction of sp³-hybridized carbons (Fsp3) is 0.235. The average Bonchev–Trinajstić information content (AvgIpc) is 2.42. The monoisotopic (exact) mass is 334 g/mol. The fourth-order valence-corrected chi connectivity index (χ4v) is 2.55. The average molecular weight is 335 g/mol. The fourth-order valence-electron chi connectivity index (χ4n) is 2.14. The van der Waals surface area contributed by atoms with E-state index in [9.17, 15) is 9.18 Å². The Bertz CT molecular complexity index is 622. The zero-order chi connectivity index (χ0) is 14.5. The molecule has 0 saturated carbocycles. The van der Waals surface area contributed by atoms with Gasteiger partial charge in [-0.1, -0.05) is 40.2 Å². The molecule has 0 atom stereocenters. The second-order valence-corrected chi connectivity index (χ2v) is 5.79. The van der Waals surface area contributed by atoms with Gasteiger partial charge < -0.3 is 0 Å². The summed E-state index contributed by atoms with van der Waals surface area (Å²) < 4.78 is 14.4. The van der Waals surface area contributed by atoms with Gasteiger partial charge in [0.2, 0.25) is 0 Å². The Morgan fingerprint density at radius 1 is 1.15 bits per heavy atom. The molecule has 1 nitrogen and oxygen atoms in total. The van der Waals surface area contributed by atoms with Crippen molar-refractivity contribution in [1.82, 2.24) is 0 Å². The summed E-state index contributed by atoms with van der Waals surface area (Å²) in [7, 11) is 0. The van der Waals surface area contributed by atoms with Crippen LogP contribution in [0.25, 0.3) is 0 Å². The number of ketones is 1. The van der Waals surface area contributed by atoms with E-state index in [1.54, 1.807) is 12.1 Å². The van der Waals surface area contributed by atoms with Gasteiger partial charge >= 0.3 is 0 Å². The molecule has 0 fully saturated rings. The van der Waals surface area contributed by atoms with Gasteiger partial charge in [0.25, 0.3) is 0 Å². The SMILES string of the molecule is Cc1ccccc1CCC(=O)Cc1cc(Br)ccc1F. The van der Waals surface area contributed by atoms with Crippen LogP contribution in [0.2, 0.25) is 0 Å². The van der Waals surface area contributed by atoms with Crippen molar-refractivity contribution < 1.29 is 9.18 Å². The van der Waals surface area contributed by atoms with Gasteiger partial charge in [0.05, 0.1) is 0 Å². The van der Waals surface area contributed by atoms with E-state index in [1.807, 2.05) is 31.2 Å². The Morgan fingerprint density at radius 3 is 2.65 bits per heavy atom. The van der Waals surface area contributed by atoms with Crippen LogP contribution in [0, 0.1) is 12.7 Å². The summed E-state index contributed by atoms with van der Waals surface area (Å²) in [5.41, 5.74) is 2.82. The van der Waals surface area contributed by atoms with Crippen molar-refractivity contribution in [3.05, 3.63) is 69.4 Å². The summed E-state index contributed by atoms with van der Waals surface area (Å²) >= 11 is 3.29. The molecule has 2 rings (SSSR count). The van der Waals surface area contributed by atoms with Crippen LogP contribution in [-0.4, -0.2) is 5.78 Å². The molecule has 0 saturated heterocycles. The lowest BCUT2D eigenvalue weighted by atomic mass is 10.00. The molecule has 0 unspecified atom stereocenters. The Hall–Kier alpha value is -1.48. The molecule has 2 aromatic rings. The van der Waals surface area contributed by atoms with Gasteiger partial charge in [0.15, 0.2) is 0 Å². The molecule has 3 heteroatoms. The standard InChI is InChI=1S/C17H16BrFO/c1-12-4-2-3-5-13(12)6-8-16(20)11-14-10-15(18)7-9-17(14)19/h2-5,7,9-10H,6,8,11H2,1H3. The van der Waals surface area contributed by atoms with Crippen molar-refractivity contribution in [2.75, 3.05) is 0 Å². The molecule has 0 radical (unpaired) electrons. The van der Waals surface area contributed by atoms with Gasteiger partial charge in [0.1, 0.15) is 11.6 Å². The summed E-state index contributed by atoms with van der Waals surface area (Å²) in [6.07, 6.45) is 1.30. The molecular weight excluding hydrogens is 319 g/mol. The molecule has 20 heavy (non-hydrogen) atoms. The number of Topliss-reactive ketones (excluding diaryl/α,β-unsaturated/α-hetero) is 1. The van der Waals surface area contributed by atoms with E-state index in [4.69, 9.17) is 0 Å². The first-order valence-electron chi connectivity index (χ1n) is 6.56. The maximum Gasteiger partial charge on any atom is 0.137 e. The van der Waals surface area contributed by atoms with Gasteiger partial charge in [-0.25, -0.2) is 4.39 Å². The van der Waals surface area contributed by atoms with Crippen molar-refractivity contribution in [3.8, 4) is 0 Å². The summed E-state index contributed by atoms with van der Waals surface area (Å²) in [6.45, 7) is 2.04. The van der Waals surface area contributed by atoms with Crippen LogP contribution in [0.4, 0.5) is 4.39 Å². The van der Waals surface area contributed by atoms with Crippen molar-refractivity contribution in [3.63, 3.8) is 0 Å². The molecule has 0 spiro atoms. The number of halogens is 2. The van der Waals surface area contributed by atoms with E-state index >= 15 is 0 Å². The number of hydrogen-bond donors (Lipinski definition) is 0. The topological polar surface area (TPSA) is 17.1 Å². The zero-order valence-corrected chi connectivity index (χ0v) is 12.9. The quantitative estimate of drug-likeness (QED) is 0.778. The number of aryl methyl sites for hydroxylation is 2. The van der Waals surface area contributed by atoms with E-state index in [2.05, 4.69) is 15.9 Å². The minimum Gasteiger partial charge on any atom is -0.299 e. The highest BCUT2D eigenvalue weighted by Crippen LogP contribution is 2.17. The minimum absolute atomic E-state index is 0.0604. The first-order valence-corrected chi connectivity index (χ1v) is 7.35. The van der Waals surface area contributed by atoms with Gasteiger partial charge in [-0.15, -0.1) is 0 Å². The van der Waals surface area contributed by atoms with Crippen LogP contribution in [0.3, 0.4) is 0 Å². The molecule has 0 aromatic heterocycles. The maximum atomic E-state index is 13.6. The number of benzene rings is 2. The molecule has 0 aliphatic rings. The van der Waals surface area contributed by atoms with E-state index in [0.29, 0.717) is 18.4 Å². The second kappa shape index (κ2) is 6.80. The normalized spacial score (nSPS) is 10.6. The zero-order valence-electron chi connectivity index (χ0n) is 11.3. The van der Waals surface area contributed by atoms with Crippen molar-refractivity contribution in [1.29, 1.82) is 0 Å². The smallest absolute Gasteiger partial charge is 0.137 e. The molecule has 104 valence electrons. The third kappa shape index (κ3) is 4.01. The Kier molecular flexibility index (Phi) is 5.07. The van der Waals surface area contributed by atoms with E-state index in [-0.39, 0.29) is 18.0 Å². The molecule has 0 N–H and O–H groups in total. The van der Waals surface area contributed by atoms with Crippen LogP contribution in [-0.2, 0) is 17.6 Å². The highest BCUT2D eigenvalue weighted by atomic mass is 79.9. The number of rotatable bonds is 5. The second-order valence-electron chi connectivity index (χ2n) is 4.88. The summed E-state index contributed by atoms with van der Waals surface area (Å²) in [5, 5.41) is 0. The van der Waals surface area contributed by atoms with Crippen LogP contribution >= 0.6 is 15.9 Å². The van der Waals surface area contributed by atoms with E-state index in [0.717, 1.165) is 4.47 Å². The molecule has 0 bridgehead atoms. The minimum atomic E-state index is -0.322. The first-order chi connectivity index (χ1) is 9.56. The van der Waals surface area contributed by atoms with Crippen LogP contribution < -0.4 is 0 Å². The maximum absolute atomic E-state index is 13.6. The van der Waals surface area contributed by atoms with Gasteiger partial charge in [-0.3, -0.25) is 4.79 Å². The van der Waals surface area contributed by atoms with Crippen molar-refractivity contribution in [2.24, 2.45) is 0 Å². The molecular formula is C17H16BrFO. The largest absolute Gasteiger partial charge is 0.299 e. The molecule has 0 amide bonds. The third-order valence-corrected chi connectivity index (χ3v) is 3.82. The lowest BCUT2D eigenvalue weighted by Gasteiger charge is -2.06. The van der Waals surface area contributed by atoms with Gasteiger partial charge in [0, 0.05) is 17.3 Å². The number of hydrogen-bond acceptors (Lipinski definition) is 1. The molecule has 0 heterocycles.